The molecule has 0 N–H and O–H groups in total. The lowest BCUT2D eigenvalue weighted by Gasteiger charge is -2.66. The van der Waals surface area contributed by atoms with Gasteiger partial charge in [0.05, 0.1) is 0 Å². The average molecular weight is 206 g/mol. The zero-order valence-electron chi connectivity index (χ0n) is 10.1. The summed E-state index contributed by atoms with van der Waals surface area (Å²) in [5.41, 5.74) is 0.320. The van der Waals surface area contributed by atoms with Gasteiger partial charge in [0.15, 0.2) is 0 Å². The highest BCUT2D eigenvalue weighted by Crippen LogP contribution is 2.66. The van der Waals surface area contributed by atoms with E-state index in [4.69, 9.17) is 0 Å². The Hall–Kier alpha value is -0.330. The van der Waals surface area contributed by atoms with Gasteiger partial charge in [-0.15, -0.1) is 0 Å². The fourth-order valence-electron chi connectivity index (χ4n) is 5.05. The SMILES string of the molecule is C[C@@H]1CC[C@H]2[C@H]3[C@H]1CCC(=O)[C@H]3C2(C)C. The van der Waals surface area contributed by atoms with Crippen molar-refractivity contribution < 1.29 is 4.79 Å². The Balaban J connectivity index is 1.94. The largest absolute Gasteiger partial charge is 0.299 e. The summed E-state index contributed by atoms with van der Waals surface area (Å²) in [6, 6.07) is 0. The summed E-state index contributed by atoms with van der Waals surface area (Å²) >= 11 is 0. The molecule has 0 saturated heterocycles. The molecule has 3 saturated carbocycles. The molecule has 0 radical (unpaired) electrons. The summed E-state index contributed by atoms with van der Waals surface area (Å²) in [5.74, 6) is 4.37. The first-order valence-electron chi connectivity index (χ1n) is 6.56. The van der Waals surface area contributed by atoms with Crippen LogP contribution in [0.3, 0.4) is 0 Å². The molecule has 0 heterocycles. The van der Waals surface area contributed by atoms with E-state index in [1.165, 1.54) is 19.3 Å². The molecule has 0 aromatic carbocycles. The lowest BCUT2D eigenvalue weighted by atomic mass is 9.38. The van der Waals surface area contributed by atoms with Gasteiger partial charge in [-0.2, -0.15) is 0 Å². The van der Waals surface area contributed by atoms with Gasteiger partial charge in [0.1, 0.15) is 5.78 Å². The normalized spacial score (nSPS) is 51.9. The lowest BCUT2D eigenvalue weighted by molar-refractivity contribution is -0.189. The first-order chi connectivity index (χ1) is 7.03. The van der Waals surface area contributed by atoms with Crippen molar-refractivity contribution >= 4 is 5.78 Å². The van der Waals surface area contributed by atoms with E-state index in [1.54, 1.807) is 0 Å². The third-order valence-electron chi connectivity index (χ3n) is 5.84. The molecule has 1 heteroatoms. The molecule has 0 unspecified atom stereocenters. The number of carbonyl (C=O) groups is 1. The number of Topliss-reactive ketones (excluding diaryl/α,β-unsaturated/α-hetero) is 1. The van der Waals surface area contributed by atoms with Gasteiger partial charge in [-0.25, -0.2) is 0 Å². The molecule has 0 bridgehead atoms. The van der Waals surface area contributed by atoms with E-state index in [1.807, 2.05) is 0 Å². The molecule has 15 heavy (non-hydrogen) atoms. The van der Waals surface area contributed by atoms with E-state index >= 15 is 0 Å². The Bertz CT molecular complexity index is 302. The van der Waals surface area contributed by atoms with Crippen molar-refractivity contribution in [2.24, 2.45) is 35.0 Å². The molecule has 0 aliphatic heterocycles. The van der Waals surface area contributed by atoms with Gasteiger partial charge >= 0.3 is 0 Å². The molecule has 0 aromatic rings. The molecule has 3 fully saturated rings. The maximum absolute atomic E-state index is 12.0. The van der Waals surface area contributed by atoms with Crippen LogP contribution in [0, 0.1) is 35.0 Å². The summed E-state index contributed by atoms with van der Waals surface area (Å²) < 4.78 is 0. The Morgan fingerprint density at radius 1 is 1.20 bits per heavy atom. The highest BCUT2D eigenvalue weighted by molar-refractivity contribution is 5.84. The van der Waals surface area contributed by atoms with Crippen molar-refractivity contribution in [1.82, 2.24) is 0 Å². The van der Waals surface area contributed by atoms with Gasteiger partial charge in [0.25, 0.3) is 0 Å². The van der Waals surface area contributed by atoms with E-state index in [0.717, 1.165) is 30.1 Å². The molecule has 1 nitrogen and oxygen atoms in total. The van der Waals surface area contributed by atoms with E-state index in [-0.39, 0.29) is 0 Å². The Morgan fingerprint density at radius 3 is 2.67 bits per heavy atom. The van der Waals surface area contributed by atoms with Crippen molar-refractivity contribution in [2.45, 2.75) is 46.5 Å². The third-order valence-corrected chi connectivity index (χ3v) is 5.84. The smallest absolute Gasteiger partial charge is 0.136 e. The van der Waals surface area contributed by atoms with Crippen molar-refractivity contribution in [3.8, 4) is 0 Å². The van der Waals surface area contributed by atoms with Gasteiger partial charge in [-0.1, -0.05) is 27.2 Å². The third kappa shape index (κ3) is 1.07. The molecule has 5 atom stereocenters. The van der Waals surface area contributed by atoms with Crippen LogP contribution in [-0.4, -0.2) is 5.78 Å². The second-order valence-corrected chi connectivity index (χ2v) is 6.71. The van der Waals surface area contributed by atoms with Crippen molar-refractivity contribution in [3.63, 3.8) is 0 Å². The van der Waals surface area contributed by atoms with Crippen molar-refractivity contribution in [2.75, 3.05) is 0 Å². The first kappa shape index (κ1) is 9.86. The highest BCUT2D eigenvalue weighted by atomic mass is 16.1. The fraction of sp³-hybridized carbons (Fsp3) is 0.929. The zero-order valence-corrected chi connectivity index (χ0v) is 10.1. The van der Waals surface area contributed by atoms with Crippen LogP contribution in [0.25, 0.3) is 0 Å². The van der Waals surface area contributed by atoms with Crippen LogP contribution < -0.4 is 0 Å². The lowest BCUT2D eigenvalue weighted by Crippen LogP contribution is -2.63. The molecule has 3 aliphatic rings. The van der Waals surface area contributed by atoms with E-state index in [0.29, 0.717) is 17.1 Å². The van der Waals surface area contributed by atoms with E-state index in [9.17, 15) is 4.79 Å². The van der Waals surface area contributed by atoms with Gasteiger partial charge < -0.3 is 0 Å². The van der Waals surface area contributed by atoms with Crippen molar-refractivity contribution in [3.05, 3.63) is 0 Å². The molecule has 0 spiro atoms. The first-order valence-corrected chi connectivity index (χ1v) is 6.56. The maximum Gasteiger partial charge on any atom is 0.136 e. The van der Waals surface area contributed by atoms with Crippen LogP contribution in [0.15, 0.2) is 0 Å². The van der Waals surface area contributed by atoms with E-state index < -0.39 is 0 Å². The van der Waals surface area contributed by atoms with Crippen LogP contribution in [0.1, 0.15) is 46.5 Å². The predicted octanol–water partition coefficient (Wildman–Crippen LogP) is 3.28. The molecular weight excluding hydrogens is 184 g/mol. The van der Waals surface area contributed by atoms with Gasteiger partial charge in [0, 0.05) is 12.3 Å². The van der Waals surface area contributed by atoms with Gasteiger partial charge in [0.2, 0.25) is 0 Å². The molecular formula is C14H22O. The van der Waals surface area contributed by atoms with Gasteiger partial charge in [-0.3, -0.25) is 4.79 Å². The van der Waals surface area contributed by atoms with Crippen LogP contribution in [0.4, 0.5) is 0 Å². The summed E-state index contributed by atoms with van der Waals surface area (Å²) in [7, 11) is 0. The highest BCUT2D eigenvalue weighted by Gasteiger charge is 2.64. The van der Waals surface area contributed by atoms with Crippen LogP contribution in [-0.2, 0) is 4.79 Å². The van der Waals surface area contributed by atoms with Crippen molar-refractivity contribution in [1.29, 1.82) is 0 Å². The maximum atomic E-state index is 12.0. The minimum atomic E-state index is 0.320. The zero-order chi connectivity index (χ0) is 10.8. The molecule has 3 rings (SSSR count). The van der Waals surface area contributed by atoms with Crippen LogP contribution in [0.2, 0.25) is 0 Å². The molecule has 84 valence electrons. The Kier molecular flexibility index (Phi) is 1.88. The summed E-state index contributed by atoms with van der Waals surface area (Å²) in [6.07, 6.45) is 4.83. The molecule has 3 aliphatic carbocycles. The number of carbonyl (C=O) groups excluding carboxylic acids is 1. The van der Waals surface area contributed by atoms with Gasteiger partial charge in [-0.05, 0) is 41.9 Å². The van der Waals surface area contributed by atoms with E-state index in [2.05, 4.69) is 20.8 Å². The fourth-order valence-corrected chi connectivity index (χ4v) is 5.05. The number of rotatable bonds is 0. The Labute approximate surface area is 92.6 Å². The number of ketones is 1. The monoisotopic (exact) mass is 206 g/mol. The number of hydrogen-bond acceptors (Lipinski definition) is 1. The second-order valence-electron chi connectivity index (χ2n) is 6.71. The minimum Gasteiger partial charge on any atom is -0.299 e. The minimum absolute atomic E-state index is 0.320. The number of hydrogen-bond donors (Lipinski definition) is 0. The standard InChI is InChI=1S/C14H22O/c1-8-4-6-10-12-9(8)5-7-11(15)13(12)14(10,2)3/h8-10,12-13H,4-7H2,1-3H3/t8-,9+,10+,12-,13-/m1/s1. The quantitative estimate of drug-likeness (QED) is 0.594. The summed E-state index contributed by atoms with van der Waals surface area (Å²) in [5, 5.41) is 0. The summed E-state index contributed by atoms with van der Waals surface area (Å²) in [6.45, 7) is 7.06. The van der Waals surface area contributed by atoms with Crippen LogP contribution >= 0.6 is 0 Å². The average Bonchev–Trinajstić information content (AvgIpc) is 2.16. The second kappa shape index (κ2) is 2.87. The van der Waals surface area contributed by atoms with Crippen LogP contribution in [0.5, 0.6) is 0 Å². The molecule has 0 aromatic heterocycles. The predicted molar refractivity (Wildman–Crippen MR) is 60.4 cm³/mol. The Morgan fingerprint density at radius 2 is 1.93 bits per heavy atom. The molecule has 0 amide bonds. The topological polar surface area (TPSA) is 17.1 Å². The summed E-state index contributed by atoms with van der Waals surface area (Å²) in [4.78, 5) is 12.0.